The molecule has 0 spiro atoms. The van der Waals surface area contributed by atoms with Gasteiger partial charge < -0.3 is 20.2 Å². The molecule has 3 heterocycles. The third-order valence-corrected chi connectivity index (χ3v) is 8.68. The Bertz CT molecular complexity index is 1570. The number of aromatic hydroxyl groups is 1. The molecular formula is C31H31N5O4S. The number of phenolic OH excluding ortho intramolecular Hbond substituents is 1. The molecule has 2 aliphatic heterocycles. The molecule has 2 saturated heterocycles. The van der Waals surface area contributed by atoms with Gasteiger partial charge in [0.25, 0.3) is 0 Å². The number of piperazine rings is 1. The second kappa shape index (κ2) is 11.2. The number of para-hydroxylation sites is 1. The molecule has 41 heavy (non-hydrogen) atoms. The average Bonchev–Trinajstić information content (AvgIpc) is 3.46. The van der Waals surface area contributed by atoms with Gasteiger partial charge in [-0.15, -0.1) is 11.3 Å². The highest BCUT2D eigenvalue weighted by molar-refractivity contribution is 7.16. The summed E-state index contributed by atoms with van der Waals surface area (Å²) in [6.07, 6.45) is -0.226. The van der Waals surface area contributed by atoms with Crippen molar-refractivity contribution in [2.24, 2.45) is 0 Å². The van der Waals surface area contributed by atoms with Gasteiger partial charge in [-0.3, -0.25) is 14.5 Å². The summed E-state index contributed by atoms with van der Waals surface area (Å²) in [5, 5.41) is 12.8. The van der Waals surface area contributed by atoms with Crippen LogP contribution in [-0.2, 0) is 29.1 Å². The van der Waals surface area contributed by atoms with Crippen molar-refractivity contribution in [2.75, 3.05) is 6.54 Å². The van der Waals surface area contributed by atoms with E-state index >= 15 is 0 Å². The molecule has 210 valence electrons. The number of carbonyl (C=O) groups is 3. The van der Waals surface area contributed by atoms with Crippen LogP contribution in [0.15, 0.2) is 78.3 Å². The number of benzene rings is 3. The first-order valence-corrected chi connectivity index (χ1v) is 14.6. The maximum atomic E-state index is 14.1. The van der Waals surface area contributed by atoms with Gasteiger partial charge in [0.05, 0.1) is 22.3 Å². The van der Waals surface area contributed by atoms with Crippen LogP contribution in [0.3, 0.4) is 0 Å². The molecule has 4 amide bonds. The number of nitrogens with one attached hydrogen (secondary N) is 1. The van der Waals surface area contributed by atoms with Crippen molar-refractivity contribution in [3.05, 3.63) is 95.0 Å². The van der Waals surface area contributed by atoms with Crippen molar-refractivity contribution >= 4 is 39.4 Å². The Balaban J connectivity index is 1.33. The number of aromatic nitrogens is 1. The fraction of sp³-hybridized carbons (Fsp3) is 0.290. The zero-order valence-corrected chi connectivity index (χ0v) is 23.5. The average molecular weight is 570 g/mol. The van der Waals surface area contributed by atoms with Gasteiger partial charge in [-0.25, -0.2) is 9.78 Å². The third kappa shape index (κ3) is 5.35. The van der Waals surface area contributed by atoms with Crippen LogP contribution in [0.4, 0.5) is 4.79 Å². The smallest absolute Gasteiger partial charge is 0.319 e. The number of hydrogen-bond donors (Lipinski definition) is 2. The van der Waals surface area contributed by atoms with E-state index < -0.39 is 12.2 Å². The lowest BCUT2D eigenvalue weighted by Crippen LogP contribution is -2.73. The lowest BCUT2D eigenvalue weighted by Gasteiger charge is -2.54. The summed E-state index contributed by atoms with van der Waals surface area (Å²) < 4.78 is 1.04. The summed E-state index contributed by atoms with van der Waals surface area (Å²) in [4.78, 5) is 50.9. The van der Waals surface area contributed by atoms with Gasteiger partial charge in [0.15, 0.2) is 0 Å². The molecule has 2 fully saturated rings. The van der Waals surface area contributed by atoms with Crippen molar-refractivity contribution in [3.8, 4) is 5.75 Å². The Morgan fingerprint density at radius 3 is 2.59 bits per heavy atom. The van der Waals surface area contributed by atoms with Crippen LogP contribution in [0, 0.1) is 0 Å². The quantitative estimate of drug-likeness (QED) is 0.364. The van der Waals surface area contributed by atoms with Crippen molar-refractivity contribution in [2.45, 2.75) is 51.1 Å². The summed E-state index contributed by atoms with van der Waals surface area (Å²) in [6.45, 7) is 2.75. The van der Waals surface area contributed by atoms with E-state index in [9.17, 15) is 19.5 Å². The molecule has 10 heteroatoms. The lowest BCUT2D eigenvalue weighted by molar-refractivity contribution is -0.170. The number of fused-ring (bicyclic) bond motifs is 2. The van der Waals surface area contributed by atoms with Gasteiger partial charge in [-0.05, 0) is 41.8 Å². The number of thiazole rings is 1. The molecule has 3 unspecified atom stereocenters. The zero-order valence-electron chi connectivity index (χ0n) is 22.6. The topological polar surface area (TPSA) is 106 Å². The van der Waals surface area contributed by atoms with Crippen LogP contribution in [0.2, 0.25) is 0 Å². The first-order chi connectivity index (χ1) is 19.9. The van der Waals surface area contributed by atoms with Gasteiger partial charge in [-0.2, -0.15) is 0 Å². The largest absolute Gasteiger partial charge is 0.508 e. The van der Waals surface area contributed by atoms with Crippen molar-refractivity contribution in [1.82, 2.24) is 25.0 Å². The highest BCUT2D eigenvalue weighted by atomic mass is 32.1. The molecule has 1 aromatic heterocycles. The summed E-state index contributed by atoms with van der Waals surface area (Å²) in [6, 6.07) is 20.9. The van der Waals surface area contributed by atoms with Gasteiger partial charge in [0, 0.05) is 32.0 Å². The minimum atomic E-state index is -0.794. The van der Waals surface area contributed by atoms with Crippen LogP contribution in [-0.4, -0.2) is 67.4 Å². The van der Waals surface area contributed by atoms with E-state index in [1.807, 2.05) is 55.5 Å². The highest BCUT2D eigenvalue weighted by Gasteiger charge is 2.50. The van der Waals surface area contributed by atoms with Gasteiger partial charge in [0.1, 0.15) is 18.0 Å². The number of urea groups is 1. The Morgan fingerprint density at radius 2 is 1.80 bits per heavy atom. The third-order valence-electron chi connectivity index (χ3n) is 7.88. The van der Waals surface area contributed by atoms with Crippen LogP contribution in [0.5, 0.6) is 5.75 Å². The standard InChI is InChI=1S/C31H31N5O4S/c1-20-14-28(38)36-25(15-21-10-12-24(37)13-11-21)30(39)34(17-23-8-5-9-26-29(23)33-19-41-26)18-27(36)35(20)31(40)32-16-22-6-3-2-4-7-22/h2-13,19-20,25,27,37H,14-18H2,1H3,(H,32,40). The van der Waals surface area contributed by atoms with Gasteiger partial charge in [0.2, 0.25) is 11.8 Å². The maximum Gasteiger partial charge on any atom is 0.319 e. The Labute approximate surface area is 242 Å². The fourth-order valence-corrected chi connectivity index (χ4v) is 6.61. The molecule has 2 N–H and O–H groups in total. The lowest BCUT2D eigenvalue weighted by atomic mass is 9.95. The molecule has 9 nitrogen and oxygen atoms in total. The van der Waals surface area contributed by atoms with Crippen molar-refractivity contribution < 1.29 is 19.5 Å². The molecule has 2 aliphatic rings. The SMILES string of the molecule is CC1CC(=O)N2C(Cc3ccc(O)cc3)C(=O)N(Cc3cccc4scnc34)CC2N1C(=O)NCc1ccccc1. The minimum Gasteiger partial charge on any atom is -0.508 e. The number of phenols is 1. The summed E-state index contributed by atoms with van der Waals surface area (Å²) >= 11 is 1.55. The molecule has 6 rings (SSSR count). The molecule has 0 radical (unpaired) electrons. The number of hydrogen-bond acceptors (Lipinski definition) is 6. The van der Waals surface area contributed by atoms with Crippen LogP contribution < -0.4 is 5.32 Å². The van der Waals surface area contributed by atoms with E-state index in [0.717, 1.165) is 26.9 Å². The predicted octanol–water partition coefficient (Wildman–Crippen LogP) is 4.11. The Hall–Kier alpha value is -4.44. The van der Waals surface area contributed by atoms with Crippen LogP contribution in [0.25, 0.3) is 10.2 Å². The molecule has 3 aromatic carbocycles. The van der Waals surface area contributed by atoms with E-state index in [-0.39, 0.29) is 49.0 Å². The first-order valence-electron chi connectivity index (χ1n) is 13.7. The zero-order chi connectivity index (χ0) is 28.5. The number of amides is 4. The van der Waals surface area contributed by atoms with Crippen molar-refractivity contribution in [3.63, 3.8) is 0 Å². The molecular weight excluding hydrogens is 538 g/mol. The highest BCUT2D eigenvalue weighted by Crippen LogP contribution is 2.32. The minimum absolute atomic E-state index is 0.128. The van der Waals surface area contributed by atoms with E-state index in [1.165, 1.54) is 0 Å². The summed E-state index contributed by atoms with van der Waals surface area (Å²) in [5.74, 6) is -0.189. The normalized spacial score (nSPS) is 20.8. The first kappa shape index (κ1) is 26.8. The van der Waals surface area contributed by atoms with Gasteiger partial charge >= 0.3 is 6.03 Å². The predicted molar refractivity (Wildman–Crippen MR) is 156 cm³/mol. The van der Waals surface area contributed by atoms with E-state index in [4.69, 9.17) is 0 Å². The second-order valence-corrected chi connectivity index (χ2v) is 11.5. The van der Waals surface area contributed by atoms with E-state index in [0.29, 0.717) is 13.1 Å². The maximum absolute atomic E-state index is 14.1. The molecule has 0 saturated carbocycles. The molecule has 3 atom stereocenters. The van der Waals surface area contributed by atoms with E-state index in [2.05, 4.69) is 10.3 Å². The molecule has 4 aromatic rings. The Kier molecular flexibility index (Phi) is 7.32. The number of carbonyl (C=O) groups excluding carboxylic acids is 3. The van der Waals surface area contributed by atoms with Crippen LogP contribution >= 0.6 is 11.3 Å². The molecule has 0 aliphatic carbocycles. The fourth-order valence-electron chi connectivity index (χ4n) is 5.89. The second-order valence-electron chi connectivity index (χ2n) is 10.6. The van der Waals surface area contributed by atoms with E-state index in [1.54, 1.807) is 55.8 Å². The number of rotatable bonds is 6. The van der Waals surface area contributed by atoms with Crippen molar-refractivity contribution in [1.29, 1.82) is 0 Å². The summed E-state index contributed by atoms with van der Waals surface area (Å²) in [5.41, 5.74) is 5.36. The monoisotopic (exact) mass is 569 g/mol. The van der Waals surface area contributed by atoms with Crippen LogP contribution in [0.1, 0.15) is 30.0 Å². The van der Waals surface area contributed by atoms with Gasteiger partial charge in [-0.1, -0.05) is 54.6 Å². The Morgan fingerprint density at radius 1 is 1.02 bits per heavy atom. The number of nitrogens with zero attached hydrogens (tertiary/aromatic N) is 4. The summed E-state index contributed by atoms with van der Waals surface area (Å²) in [7, 11) is 0. The molecule has 0 bridgehead atoms.